The van der Waals surface area contributed by atoms with E-state index in [9.17, 15) is 0 Å². The first-order valence-corrected chi connectivity index (χ1v) is 3.01. The lowest BCUT2D eigenvalue weighted by Gasteiger charge is -2.25. The highest BCUT2D eigenvalue weighted by atomic mass is 16.5. The molecule has 0 aliphatic rings. The lowest BCUT2D eigenvalue weighted by Crippen LogP contribution is -2.24. The van der Waals surface area contributed by atoms with Gasteiger partial charge in [-0.1, -0.05) is 35.6 Å². The maximum absolute atomic E-state index is 5.11. The number of hydrogen-bond donors (Lipinski definition) is 0. The van der Waals surface area contributed by atoms with Gasteiger partial charge in [0, 0.05) is 7.11 Å². The maximum Gasteiger partial charge on any atom is 0.0591 e. The molecule has 1 atom stereocenters. The molecule has 0 spiro atoms. The Balaban J connectivity index is -0.000000245. The maximum atomic E-state index is 5.11. The van der Waals surface area contributed by atoms with E-state index in [-0.39, 0.29) is 20.3 Å². The Bertz CT molecular complexity index is 61.6. The number of hydrogen-bond acceptors (Lipinski definition) is 1. The zero-order valence-corrected chi connectivity index (χ0v) is 6.49. The van der Waals surface area contributed by atoms with Crippen LogP contribution in [0.3, 0.4) is 0 Å². The van der Waals surface area contributed by atoms with E-state index >= 15 is 0 Å². The van der Waals surface area contributed by atoms with Crippen LogP contribution in [0.1, 0.15) is 42.5 Å². The molecule has 0 aromatic heterocycles. The second-order valence-electron chi connectivity index (χ2n) is 3.24. The van der Waals surface area contributed by atoms with Crippen LogP contribution in [0.2, 0.25) is 0 Å². The zero-order valence-electron chi connectivity index (χ0n) is 6.49. The van der Waals surface area contributed by atoms with Crippen LogP contribution in [0.5, 0.6) is 0 Å². The van der Waals surface area contributed by atoms with E-state index in [0.29, 0.717) is 6.10 Å². The Labute approximate surface area is 66.8 Å². The summed E-state index contributed by atoms with van der Waals surface area (Å²) < 4.78 is 5.11. The topological polar surface area (TPSA) is 9.23 Å². The molecule has 0 N–H and O–H groups in total. The summed E-state index contributed by atoms with van der Waals surface area (Å²) in [6.07, 6.45) is 0.350. The Morgan fingerprint density at radius 2 is 1.40 bits per heavy atom. The highest BCUT2D eigenvalue weighted by molar-refractivity contribution is 4.68. The van der Waals surface area contributed by atoms with Gasteiger partial charge in [0.15, 0.2) is 0 Å². The quantitative estimate of drug-likeness (QED) is 0.554. The van der Waals surface area contributed by atoms with Crippen LogP contribution >= 0.6 is 0 Å². The van der Waals surface area contributed by atoms with Gasteiger partial charge in [-0.2, -0.15) is 0 Å². The summed E-state index contributed by atoms with van der Waals surface area (Å²) in [4.78, 5) is 0. The van der Waals surface area contributed by atoms with Crippen molar-refractivity contribution in [2.75, 3.05) is 7.11 Å². The van der Waals surface area contributed by atoms with Gasteiger partial charge >= 0.3 is 0 Å². The molecular weight excluding hydrogens is 124 g/mol. The summed E-state index contributed by atoms with van der Waals surface area (Å²) in [5.41, 5.74) is 0.286. The van der Waals surface area contributed by atoms with Gasteiger partial charge in [0.25, 0.3) is 0 Å². The lowest BCUT2D eigenvalue weighted by molar-refractivity contribution is 0.0314. The monoisotopic (exact) mass is 148 g/mol. The second-order valence-corrected chi connectivity index (χ2v) is 3.24. The summed E-state index contributed by atoms with van der Waals surface area (Å²) in [5, 5.41) is 0. The fourth-order valence-electron chi connectivity index (χ4n) is 0.354. The molecule has 0 amide bonds. The summed E-state index contributed by atoms with van der Waals surface area (Å²) in [7, 11) is 1.75. The van der Waals surface area contributed by atoms with Gasteiger partial charge in [-0.15, -0.1) is 0 Å². The summed E-state index contributed by atoms with van der Waals surface area (Å²) in [6, 6.07) is 0. The highest BCUT2D eigenvalue weighted by Crippen LogP contribution is 2.20. The summed E-state index contributed by atoms with van der Waals surface area (Å²) >= 11 is 0. The first kappa shape index (κ1) is 16.5. The standard InChI is InChI=1S/C7H16O.2CH4/c1-6(8-5)7(2,3)4;;/h6H,1-5H3;2*1H4. The van der Waals surface area contributed by atoms with Crippen LogP contribution in [-0.4, -0.2) is 13.2 Å². The average Bonchev–Trinajstić information content (AvgIpc) is 1.62. The van der Waals surface area contributed by atoms with Crippen LogP contribution in [0.25, 0.3) is 0 Å². The first-order chi connectivity index (χ1) is 3.48. The summed E-state index contributed by atoms with van der Waals surface area (Å²) in [5.74, 6) is 0. The van der Waals surface area contributed by atoms with Crippen LogP contribution in [0.4, 0.5) is 0 Å². The fraction of sp³-hybridized carbons (Fsp3) is 1.00. The smallest absolute Gasteiger partial charge is 0.0591 e. The number of rotatable bonds is 1. The van der Waals surface area contributed by atoms with Crippen molar-refractivity contribution in [3.63, 3.8) is 0 Å². The third-order valence-electron chi connectivity index (χ3n) is 1.57. The van der Waals surface area contributed by atoms with E-state index in [1.54, 1.807) is 7.11 Å². The van der Waals surface area contributed by atoms with Crippen LogP contribution in [0.15, 0.2) is 0 Å². The molecule has 0 aromatic rings. The fourth-order valence-corrected chi connectivity index (χ4v) is 0.354. The molecule has 1 heteroatoms. The molecule has 0 fully saturated rings. The van der Waals surface area contributed by atoms with Gasteiger partial charge in [-0.25, -0.2) is 0 Å². The van der Waals surface area contributed by atoms with Gasteiger partial charge < -0.3 is 4.74 Å². The molecule has 0 heterocycles. The molecule has 0 bridgehead atoms. The predicted molar refractivity (Wildman–Crippen MR) is 49.4 cm³/mol. The largest absolute Gasteiger partial charge is 0.381 e. The molecule has 0 aliphatic carbocycles. The van der Waals surface area contributed by atoms with E-state index < -0.39 is 0 Å². The minimum atomic E-state index is 0. The normalized spacial score (nSPS) is 12.9. The van der Waals surface area contributed by atoms with Gasteiger partial charge in [-0.05, 0) is 12.3 Å². The molecule has 0 aliphatic heterocycles. The van der Waals surface area contributed by atoms with E-state index in [1.807, 2.05) is 0 Å². The van der Waals surface area contributed by atoms with Crippen molar-refractivity contribution in [1.29, 1.82) is 0 Å². The molecule has 1 nitrogen and oxygen atoms in total. The molecule has 1 unspecified atom stereocenters. The molecule has 0 aromatic carbocycles. The zero-order chi connectivity index (χ0) is 6.78. The van der Waals surface area contributed by atoms with Crippen molar-refractivity contribution >= 4 is 0 Å². The SMILES string of the molecule is C.C.COC(C)C(C)(C)C. The number of methoxy groups -OCH3 is 1. The average molecular weight is 148 g/mol. The van der Waals surface area contributed by atoms with Gasteiger partial charge in [0.05, 0.1) is 6.10 Å². The predicted octanol–water partition coefficient (Wildman–Crippen LogP) is 3.34. The second kappa shape index (κ2) is 5.72. The van der Waals surface area contributed by atoms with Crippen molar-refractivity contribution in [2.24, 2.45) is 5.41 Å². The van der Waals surface area contributed by atoms with Crippen LogP contribution in [-0.2, 0) is 4.74 Å². The molecule has 0 saturated carbocycles. The van der Waals surface area contributed by atoms with Crippen molar-refractivity contribution in [1.82, 2.24) is 0 Å². The third kappa shape index (κ3) is 6.09. The highest BCUT2D eigenvalue weighted by Gasteiger charge is 2.18. The van der Waals surface area contributed by atoms with Crippen LogP contribution < -0.4 is 0 Å². The van der Waals surface area contributed by atoms with E-state index in [1.165, 1.54) is 0 Å². The minimum absolute atomic E-state index is 0. The van der Waals surface area contributed by atoms with E-state index in [2.05, 4.69) is 27.7 Å². The molecular formula is C9H24O. The van der Waals surface area contributed by atoms with E-state index in [4.69, 9.17) is 4.74 Å². The van der Waals surface area contributed by atoms with Gasteiger partial charge in [0.1, 0.15) is 0 Å². The Morgan fingerprint density at radius 1 is 1.10 bits per heavy atom. The Kier molecular flexibility index (Phi) is 9.45. The van der Waals surface area contributed by atoms with Gasteiger partial charge in [-0.3, -0.25) is 0 Å². The molecule has 0 saturated heterocycles. The Morgan fingerprint density at radius 3 is 1.40 bits per heavy atom. The van der Waals surface area contributed by atoms with Crippen molar-refractivity contribution in [3.8, 4) is 0 Å². The molecule has 0 radical (unpaired) electrons. The van der Waals surface area contributed by atoms with Crippen molar-refractivity contribution in [2.45, 2.75) is 48.7 Å². The van der Waals surface area contributed by atoms with Gasteiger partial charge in [0.2, 0.25) is 0 Å². The third-order valence-corrected chi connectivity index (χ3v) is 1.57. The van der Waals surface area contributed by atoms with E-state index in [0.717, 1.165) is 0 Å². The van der Waals surface area contributed by atoms with Crippen LogP contribution in [0, 0.1) is 5.41 Å². The summed E-state index contributed by atoms with van der Waals surface area (Å²) in [6.45, 7) is 8.59. The molecule has 0 rings (SSSR count). The lowest BCUT2D eigenvalue weighted by atomic mass is 9.90. The molecule has 10 heavy (non-hydrogen) atoms. The Hall–Kier alpha value is -0.0400. The minimum Gasteiger partial charge on any atom is -0.381 e. The van der Waals surface area contributed by atoms with Crippen molar-refractivity contribution < 1.29 is 4.74 Å². The molecule has 66 valence electrons. The van der Waals surface area contributed by atoms with Crippen molar-refractivity contribution in [3.05, 3.63) is 0 Å². The number of ether oxygens (including phenoxy) is 1. The first-order valence-electron chi connectivity index (χ1n) is 3.01.